The maximum Gasteiger partial charge on any atom is 0.140 e. The Morgan fingerprint density at radius 3 is 3.07 bits per heavy atom. The van der Waals surface area contributed by atoms with Gasteiger partial charge in [-0.05, 0) is 30.0 Å². The van der Waals surface area contributed by atoms with E-state index in [-0.39, 0.29) is 17.5 Å². The highest BCUT2D eigenvalue weighted by atomic mass is 19.1. The fraction of sp³-hybridized carbons (Fsp3) is 0.417. The lowest BCUT2D eigenvalue weighted by atomic mass is 9.95. The number of hydrogen-bond donors (Lipinski definition) is 0. The van der Waals surface area contributed by atoms with Gasteiger partial charge in [-0.25, -0.2) is 4.39 Å². The summed E-state index contributed by atoms with van der Waals surface area (Å²) in [4.78, 5) is 11.6. The second-order valence-corrected chi connectivity index (χ2v) is 3.72. The van der Waals surface area contributed by atoms with Crippen molar-refractivity contribution in [2.75, 3.05) is 0 Å². The van der Waals surface area contributed by atoms with E-state index in [0.717, 1.165) is 17.5 Å². The molecule has 2 rings (SSSR count). The number of hydrogen-bond acceptors (Lipinski definition) is 1. The lowest BCUT2D eigenvalue weighted by Crippen LogP contribution is -2.07. The highest BCUT2D eigenvalue weighted by Gasteiger charge is 2.28. The molecule has 0 spiro atoms. The summed E-state index contributed by atoms with van der Waals surface area (Å²) < 4.78 is 13.3. The molecule has 1 unspecified atom stereocenters. The van der Waals surface area contributed by atoms with Gasteiger partial charge in [-0.15, -0.1) is 0 Å². The standard InChI is InChI=1S/C12H13FO/c1-2-12(14)10-7-6-9-8(10)4-3-5-11(9)13/h3-5,10H,2,6-7H2,1H3. The van der Waals surface area contributed by atoms with E-state index in [1.54, 1.807) is 6.07 Å². The van der Waals surface area contributed by atoms with Crippen molar-refractivity contribution in [2.24, 2.45) is 0 Å². The maximum atomic E-state index is 13.3. The summed E-state index contributed by atoms with van der Waals surface area (Å²) in [6.45, 7) is 1.86. The second kappa shape index (κ2) is 3.52. The molecule has 1 atom stereocenters. The molecule has 0 saturated carbocycles. The zero-order chi connectivity index (χ0) is 10.1. The molecule has 1 nitrogen and oxygen atoms in total. The van der Waals surface area contributed by atoms with Crippen LogP contribution in [-0.2, 0) is 11.2 Å². The Morgan fingerprint density at radius 1 is 1.57 bits per heavy atom. The zero-order valence-electron chi connectivity index (χ0n) is 8.22. The number of ketones is 1. The van der Waals surface area contributed by atoms with E-state index in [1.807, 2.05) is 13.0 Å². The minimum Gasteiger partial charge on any atom is -0.299 e. The van der Waals surface area contributed by atoms with Crippen LogP contribution in [0.4, 0.5) is 4.39 Å². The van der Waals surface area contributed by atoms with Crippen LogP contribution >= 0.6 is 0 Å². The minimum atomic E-state index is -0.158. The van der Waals surface area contributed by atoms with Crippen molar-refractivity contribution in [3.05, 3.63) is 35.1 Å². The van der Waals surface area contributed by atoms with Gasteiger partial charge < -0.3 is 0 Å². The Bertz CT molecular complexity index is 371. The van der Waals surface area contributed by atoms with Crippen LogP contribution in [-0.4, -0.2) is 5.78 Å². The zero-order valence-corrected chi connectivity index (χ0v) is 8.22. The van der Waals surface area contributed by atoms with Crippen LogP contribution in [0.1, 0.15) is 36.8 Å². The first-order valence-corrected chi connectivity index (χ1v) is 5.04. The molecule has 0 amide bonds. The van der Waals surface area contributed by atoms with Gasteiger partial charge in [-0.3, -0.25) is 4.79 Å². The molecule has 0 heterocycles. The van der Waals surface area contributed by atoms with Crippen molar-refractivity contribution >= 4 is 5.78 Å². The first-order chi connectivity index (χ1) is 6.74. The molecule has 1 aliphatic rings. The van der Waals surface area contributed by atoms with Gasteiger partial charge >= 0.3 is 0 Å². The van der Waals surface area contributed by atoms with Crippen LogP contribution in [0.2, 0.25) is 0 Å². The Morgan fingerprint density at radius 2 is 2.36 bits per heavy atom. The van der Waals surface area contributed by atoms with Gasteiger partial charge in [-0.2, -0.15) is 0 Å². The summed E-state index contributed by atoms with van der Waals surface area (Å²) in [7, 11) is 0. The molecule has 74 valence electrons. The van der Waals surface area contributed by atoms with Crippen molar-refractivity contribution in [1.82, 2.24) is 0 Å². The van der Waals surface area contributed by atoms with Crippen LogP contribution in [0.5, 0.6) is 0 Å². The highest BCUT2D eigenvalue weighted by Crippen LogP contribution is 2.35. The van der Waals surface area contributed by atoms with E-state index in [1.165, 1.54) is 6.07 Å². The third-order valence-corrected chi connectivity index (χ3v) is 2.95. The molecule has 0 fully saturated rings. The molecule has 14 heavy (non-hydrogen) atoms. The topological polar surface area (TPSA) is 17.1 Å². The molecule has 1 aromatic carbocycles. The van der Waals surface area contributed by atoms with Crippen molar-refractivity contribution in [2.45, 2.75) is 32.1 Å². The van der Waals surface area contributed by atoms with Crippen LogP contribution in [0.15, 0.2) is 18.2 Å². The summed E-state index contributed by atoms with van der Waals surface area (Å²) in [6, 6.07) is 5.04. The van der Waals surface area contributed by atoms with Gasteiger partial charge in [0, 0.05) is 12.3 Å². The quantitative estimate of drug-likeness (QED) is 0.704. The Labute approximate surface area is 82.9 Å². The van der Waals surface area contributed by atoms with Crippen molar-refractivity contribution in [1.29, 1.82) is 0 Å². The molecule has 0 N–H and O–H groups in total. The smallest absolute Gasteiger partial charge is 0.140 e. The Hall–Kier alpha value is -1.18. The van der Waals surface area contributed by atoms with Gasteiger partial charge in [0.25, 0.3) is 0 Å². The van der Waals surface area contributed by atoms with Gasteiger partial charge in [0.2, 0.25) is 0 Å². The van der Waals surface area contributed by atoms with Crippen LogP contribution in [0, 0.1) is 5.82 Å². The monoisotopic (exact) mass is 192 g/mol. The Balaban J connectivity index is 2.40. The molecule has 1 aromatic rings. The minimum absolute atomic E-state index is 0.0503. The molecule has 0 aromatic heterocycles. The number of carbonyl (C=O) groups is 1. The predicted molar refractivity (Wildman–Crippen MR) is 52.8 cm³/mol. The number of Topliss-reactive ketones (excluding diaryl/α,β-unsaturated/α-hetero) is 1. The normalized spacial score (nSPS) is 19.4. The molecular weight excluding hydrogens is 179 g/mol. The molecule has 0 bridgehead atoms. The summed E-state index contributed by atoms with van der Waals surface area (Å²) in [5.74, 6) is 0.0222. The van der Waals surface area contributed by atoms with Gasteiger partial charge in [0.1, 0.15) is 11.6 Å². The van der Waals surface area contributed by atoms with Crippen molar-refractivity contribution in [3.8, 4) is 0 Å². The summed E-state index contributed by atoms with van der Waals surface area (Å²) in [5, 5.41) is 0. The van der Waals surface area contributed by atoms with Crippen LogP contribution in [0.25, 0.3) is 0 Å². The van der Waals surface area contributed by atoms with E-state index in [9.17, 15) is 9.18 Å². The van der Waals surface area contributed by atoms with E-state index in [2.05, 4.69) is 0 Å². The third-order valence-electron chi connectivity index (χ3n) is 2.95. The second-order valence-electron chi connectivity index (χ2n) is 3.72. The molecule has 1 aliphatic carbocycles. The third kappa shape index (κ3) is 1.35. The van der Waals surface area contributed by atoms with Crippen LogP contribution < -0.4 is 0 Å². The fourth-order valence-electron chi connectivity index (χ4n) is 2.19. The first kappa shape index (κ1) is 9.38. The SMILES string of the molecule is CCC(=O)C1CCc2c(F)cccc21. The summed E-state index contributed by atoms with van der Waals surface area (Å²) in [5.41, 5.74) is 1.66. The van der Waals surface area contributed by atoms with Gasteiger partial charge in [0.05, 0.1) is 0 Å². The highest BCUT2D eigenvalue weighted by molar-refractivity contribution is 5.86. The molecule has 2 heteroatoms. The lowest BCUT2D eigenvalue weighted by molar-refractivity contribution is -0.120. The van der Waals surface area contributed by atoms with Gasteiger partial charge in [-0.1, -0.05) is 19.1 Å². The predicted octanol–water partition coefficient (Wildman–Crippen LogP) is 2.83. The van der Waals surface area contributed by atoms with E-state index in [0.29, 0.717) is 12.8 Å². The van der Waals surface area contributed by atoms with Gasteiger partial charge in [0.15, 0.2) is 0 Å². The summed E-state index contributed by atoms with van der Waals surface area (Å²) in [6.07, 6.45) is 2.03. The van der Waals surface area contributed by atoms with E-state index in [4.69, 9.17) is 0 Å². The average Bonchev–Trinajstić information content (AvgIpc) is 2.62. The molecule has 0 radical (unpaired) electrons. The summed E-state index contributed by atoms with van der Waals surface area (Å²) >= 11 is 0. The number of rotatable bonds is 2. The maximum absolute atomic E-state index is 13.3. The number of halogens is 1. The number of fused-ring (bicyclic) bond motifs is 1. The Kier molecular flexibility index (Phi) is 2.36. The molecule has 0 saturated heterocycles. The number of carbonyl (C=O) groups excluding carboxylic acids is 1. The first-order valence-electron chi connectivity index (χ1n) is 5.04. The van der Waals surface area contributed by atoms with Crippen LogP contribution in [0.3, 0.4) is 0 Å². The van der Waals surface area contributed by atoms with Crippen molar-refractivity contribution < 1.29 is 9.18 Å². The number of benzene rings is 1. The van der Waals surface area contributed by atoms with Crippen molar-refractivity contribution in [3.63, 3.8) is 0 Å². The fourth-order valence-corrected chi connectivity index (χ4v) is 2.19. The van der Waals surface area contributed by atoms with E-state index >= 15 is 0 Å². The lowest BCUT2D eigenvalue weighted by Gasteiger charge is -2.08. The van der Waals surface area contributed by atoms with E-state index < -0.39 is 0 Å². The molecular formula is C12H13FO. The average molecular weight is 192 g/mol. The largest absolute Gasteiger partial charge is 0.299 e. The molecule has 0 aliphatic heterocycles.